The molecule has 1 saturated heterocycles. The van der Waals surface area contributed by atoms with Gasteiger partial charge in [0.25, 0.3) is 11.8 Å². The molecule has 0 aliphatic carbocycles. The SMILES string of the molecule is CCC1CCCCN1C(=O)c1cccc(NC(=O)c2cccs2)c1. The van der Waals surface area contributed by atoms with Gasteiger partial charge in [-0.25, -0.2) is 0 Å². The monoisotopic (exact) mass is 342 g/mol. The lowest BCUT2D eigenvalue weighted by Crippen LogP contribution is -2.43. The number of thiophene rings is 1. The summed E-state index contributed by atoms with van der Waals surface area (Å²) in [6.45, 7) is 2.96. The Kier molecular flexibility index (Phi) is 5.30. The topological polar surface area (TPSA) is 49.4 Å². The van der Waals surface area contributed by atoms with E-state index < -0.39 is 0 Å². The van der Waals surface area contributed by atoms with Crippen LogP contribution in [0.5, 0.6) is 0 Å². The Morgan fingerprint density at radius 1 is 1.25 bits per heavy atom. The van der Waals surface area contributed by atoms with Crippen molar-refractivity contribution in [3.8, 4) is 0 Å². The van der Waals surface area contributed by atoms with Crippen LogP contribution in [0.2, 0.25) is 0 Å². The minimum atomic E-state index is -0.140. The van der Waals surface area contributed by atoms with Crippen LogP contribution in [-0.2, 0) is 0 Å². The van der Waals surface area contributed by atoms with Crippen molar-refractivity contribution >= 4 is 28.8 Å². The minimum absolute atomic E-state index is 0.0637. The van der Waals surface area contributed by atoms with E-state index in [4.69, 9.17) is 0 Å². The summed E-state index contributed by atoms with van der Waals surface area (Å²) in [5.41, 5.74) is 1.30. The second-order valence-corrected chi connectivity index (χ2v) is 7.02. The van der Waals surface area contributed by atoms with Crippen LogP contribution in [0, 0.1) is 0 Å². The molecule has 1 N–H and O–H groups in total. The molecule has 1 unspecified atom stereocenters. The Balaban J connectivity index is 1.74. The van der Waals surface area contributed by atoms with Crippen molar-refractivity contribution in [2.24, 2.45) is 0 Å². The quantitative estimate of drug-likeness (QED) is 0.895. The molecule has 24 heavy (non-hydrogen) atoms. The molecule has 2 heterocycles. The van der Waals surface area contributed by atoms with Gasteiger partial charge in [-0.3, -0.25) is 9.59 Å². The fourth-order valence-corrected chi connectivity index (χ4v) is 3.81. The van der Waals surface area contributed by atoms with Gasteiger partial charge in [-0.05, 0) is 55.3 Å². The molecule has 3 rings (SSSR count). The van der Waals surface area contributed by atoms with E-state index in [0.717, 1.165) is 25.8 Å². The second kappa shape index (κ2) is 7.62. The smallest absolute Gasteiger partial charge is 0.265 e. The summed E-state index contributed by atoms with van der Waals surface area (Å²) in [7, 11) is 0. The summed E-state index contributed by atoms with van der Waals surface area (Å²) in [6, 6.07) is 11.2. The Labute approximate surface area is 146 Å². The number of piperidine rings is 1. The summed E-state index contributed by atoms with van der Waals surface area (Å²) in [4.78, 5) is 27.7. The normalized spacial score (nSPS) is 17.5. The molecule has 1 aliphatic heterocycles. The molecule has 5 heteroatoms. The van der Waals surface area contributed by atoms with E-state index >= 15 is 0 Å². The minimum Gasteiger partial charge on any atom is -0.336 e. The van der Waals surface area contributed by atoms with E-state index in [0.29, 0.717) is 22.2 Å². The summed E-state index contributed by atoms with van der Waals surface area (Å²) in [6.07, 6.45) is 4.33. The van der Waals surface area contributed by atoms with E-state index in [1.54, 1.807) is 12.1 Å². The largest absolute Gasteiger partial charge is 0.336 e. The van der Waals surface area contributed by atoms with Gasteiger partial charge in [0.2, 0.25) is 0 Å². The lowest BCUT2D eigenvalue weighted by Gasteiger charge is -2.35. The number of hydrogen-bond donors (Lipinski definition) is 1. The highest BCUT2D eigenvalue weighted by Crippen LogP contribution is 2.23. The highest BCUT2D eigenvalue weighted by Gasteiger charge is 2.26. The van der Waals surface area contributed by atoms with Crippen LogP contribution >= 0.6 is 11.3 Å². The number of hydrogen-bond acceptors (Lipinski definition) is 3. The van der Waals surface area contributed by atoms with Gasteiger partial charge >= 0.3 is 0 Å². The number of likely N-dealkylation sites (tertiary alicyclic amines) is 1. The van der Waals surface area contributed by atoms with Crippen LogP contribution in [0.15, 0.2) is 41.8 Å². The lowest BCUT2D eigenvalue weighted by molar-refractivity contribution is 0.0608. The first-order valence-corrected chi connectivity index (χ1v) is 9.33. The number of nitrogens with zero attached hydrogens (tertiary/aromatic N) is 1. The highest BCUT2D eigenvalue weighted by atomic mass is 32.1. The molecular formula is C19H22N2O2S. The number of benzene rings is 1. The Hall–Kier alpha value is -2.14. The van der Waals surface area contributed by atoms with Gasteiger partial charge in [0, 0.05) is 23.8 Å². The first kappa shape index (κ1) is 16.7. The van der Waals surface area contributed by atoms with Crippen LogP contribution in [0.4, 0.5) is 5.69 Å². The van der Waals surface area contributed by atoms with Gasteiger partial charge in [0.1, 0.15) is 0 Å². The third-order valence-corrected chi connectivity index (χ3v) is 5.34. The van der Waals surface area contributed by atoms with Crippen molar-refractivity contribution < 1.29 is 9.59 Å². The number of rotatable bonds is 4. The van der Waals surface area contributed by atoms with Crippen LogP contribution in [-0.4, -0.2) is 29.3 Å². The maximum atomic E-state index is 12.9. The van der Waals surface area contributed by atoms with Gasteiger partial charge < -0.3 is 10.2 Å². The van der Waals surface area contributed by atoms with Crippen LogP contribution < -0.4 is 5.32 Å². The number of amides is 2. The molecule has 0 bridgehead atoms. The average Bonchev–Trinajstić information content (AvgIpc) is 3.16. The van der Waals surface area contributed by atoms with Crippen molar-refractivity contribution in [2.45, 2.75) is 38.6 Å². The molecule has 0 radical (unpaired) electrons. The molecule has 1 atom stereocenters. The third-order valence-electron chi connectivity index (χ3n) is 4.47. The van der Waals surface area contributed by atoms with E-state index in [1.165, 1.54) is 17.8 Å². The molecule has 2 amide bonds. The second-order valence-electron chi connectivity index (χ2n) is 6.07. The molecule has 1 aromatic heterocycles. The van der Waals surface area contributed by atoms with E-state index in [-0.39, 0.29) is 11.8 Å². The summed E-state index contributed by atoms with van der Waals surface area (Å²) in [5.74, 6) is -0.0761. The van der Waals surface area contributed by atoms with Gasteiger partial charge in [0.05, 0.1) is 4.88 Å². The maximum absolute atomic E-state index is 12.9. The first-order valence-electron chi connectivity index (χ1n) is 8.45. The van der Waals surface area contributed by atoms with Crippen LogP contribution in [0.3, 0.4) is 0 Å². The molecule has 1 fully saturated rings. The predicted molar refractivity (Wildman–Crippen MR) is 97.7 cm³/mol. The molecule has 2 aromatic rings. The van der Waals surface area contributed by atoms with Crippen LogP contribution in [0.25, 0.3) is 0 Å². The van der Waals surface area contributed by atoms with E-state index in [2.05, 4.69) is 12.2 Å². The van der Waals surface area contributed by atoms with Crippen molar-refractivity contribution in [3.05, 3.63) is 52.2 Å². The predicted octanol–water partition coefficient (Wildman–Crippen LogP) is 4.41. The van der Waals surface area contributed by atoms with Gasteiger partial charge in [-0.1, -0.05) is 19.1 Å². The number of anilines is 1. The standard InChI is InChI=1S/C19H22N2O2S/c1-2-16-9-3-4-11-21(16)19(23)14-7-5-8-15(13-14)20-18(22)17-10-6-12-24-17/h5-8,10,12-13,16H,2-4,9,11H2,1H3,(H,20,22). The molecule has 0 saturated carbocycles. The third kappa shape index (κ3) is 3.67. The van der Waals surface area contributed by atoms with Crippen molar-refractivity contribution in [2.75, 3.05) is 11.9 Å². The van der Waals surface area contributed by atoms with Crippen molar-refractivity contribution in [1.82, 2.24) is 4.90 Å². The molecule has 0 spiro atoms. The lowest BCUT2D eigenvalue weighted by atomic mass is 9.99. The molecule has 1 aliphatic rings. The number of carbonyl (C=O) groups is 2. The first-order chi connectivity index (χ1) is 11.7. The molecular weight excluding hydrogens is 320 g/mol. The summed E-state index contributed by atoms with van der Waals surface area (Å²) >= 11 is 1.40. The molecule has 1 aromatic carbocycles. The fraction of sp³-hybridized carbons (Fsp3) is 0.368. The van der Waals surface area contributed by atoms with Gasteiger partial charge in [-0.2, -0.15) is 0 Å². The van der Waals surface area contributed by atoms with Gasteiger partial charge in [-0.15, -0.1) is 11.3 Å². The average molecular weight is 342 g/mol. The summed E-state index contributed by atoms with van der Waals surface area (Å²) in [5, 5.41) is 4.74. The highest BCUT2D eigenvalue weighted by molar-refractivity contribution is 7.12. The van der Waals surface area contributed by atoms with E-state index in [1.807, 2.05) is 34.5 Å². The Morgan fingerprint density at radius 2 is 2.12 bits per heavy atom. The van der Waals surface area contributed by atoms with Crippen LogP contribution in [0.1, 0.15) is 52.6 Å². The summed E-state index contributed by atoms with van der Waals surface area (Å²) < 4.78 is 0. The maximum Gasteiger partial charge on any atom is 0.265 e. The zero-order valence-electron chi connectivity index (χ0n) is 13.8. The zero-order chi connectivity index (χ0) is 16.9. The molecule has 126 valence electrons. The zero-order valence-corrected chi connectivity index (χ0v) is 14.6. The Morgan fingerprint density at radius 3 is 2.88 bits per heavy atom. The molecule has 4 nitrogen and oxygen atoms in total. The van der Waals surface area contributed by atoms with Gasteiger partial charge in [0.15, 0.2) is 0 Å². The van der Waals surface area contributed by atoms with E-state index in [9.17, 15) is 9.59 Å². The van der Waals surface area contributed by atoms with Crippen molar-refractivity contribution in [1.29, 1.82) is 0 Å². The number of carbonyl (C=O) groups excluding carboxylic acids is 2. The number of nitrogens with one attached hydrogen (secondary N) is 1. The fourth-order valence-electron chi connectivity index (χ4n) is 3.19. The van der Waals surface area contributed by atoms with Crippen molar-refractivity contribution in [3.63, 3.8) is 0 Å². The Bertz CT molecular complexity index is 712.